The Labute approximate surface area is 125 Å². The van der Waals surface area contributed by atoms with Crippen LogP contribution in [0.25, 0.3) is 0 Å². The van der Waals surface area contributed by atoms with Crippen LogP contribution < -0.4 is 9.64 Å². The van der Waals surface area contributed by atoms with Crippen molar-refractivity contribution in [3.05, 3.63) is 53.1 Å². The van der Waals surface area contributed by atoms with Crippen molar-refractivity contribution in [2.24, 2.45) is 0 Å². The SMILES string of the molecule is COc1ccc(O)c(CN2CCCc3cc(C)ccc32)c1. The summed E-state index contributed by atoms with van der Waals surface area (Å²) < 4.78 is 5.25. The maximum absolute atomic E-state index is 10.1. The highest BCUT2D eigenvalue weighted by atomic mass is 16.5. The van der Waals surface area contributed by atoms with Gasteiger partial charge in [0.15, 0.2) is 0 Å². The molecule has 0 radical (unpaired) electrons. The molecule has 0 atom stereocenters. The number of benzene rings is 2. The molecule has 110 valence electrons. The van der Waals surface area contributed by atoms with E-state index in [1.807, 2.05) is 6.07 Å². The Balaban J connectivity index is 1.90. The van der Waals surface area contributed by atoms with E-state index < -0.39 is 0 Å². The molecule has 0 bridgehead atoms. The monoisotopic (exact) mass is 283 g/mol. The second kappa shape index (κ2) is 5.68. The van der Waals surface area contributed by atoms with E-state index >= 15 is 0 Å². The quantitative estimate of drug-likeness (QED) is 0.933. The van der Waals surface area contributed by atoms with Gasteiger partial charge >= 0.3 is 0 Å². The van der Waals surface area contributed by atoms with Crippen LogP contribution in [0.15, 0.2) is 36.4 Å². The van der Waals surface area contributed by atoms with Gasteiger partial charge in [-0.25, -0.2) is 0 Å². The summed E-state index contributed by atoms with van der Waals surface area (Å²) in [6.45, 7) is 3.86. The number of aryl methyl sites for hydroxylation is 2. The Kier molecular flexibility index (Phi) is 3.74. The number of aromatic hydroxyl groups is 1. The lowest BCUT2D eigenvalue weighted by atomic mass is 9.99. The summed E-state index contributed by atoms with van der Waals surface area (Å²) in [4.78, 5) is 2.34. The van der Waals surface area contributed by atoms with Gasteiger partial charge in [0, 0.05) is 24.3 Å². The Morgan fingerprint density at radius 3 is 2.86 bits per heavy atom. The summed E-state index contributed by atoms with van der Waals surface area (Å²) in [5.74, 6) is 1.11. The van der Waals surface area contributed by atoms with Crippen LogP contribution in [0.2, 0.25) is 0 Å². The standard InChI is InChI=1S/C18H21NO2/c1-13-5-7-17-14(10-13)4-3-9-19(17)12-15-11-16(21-2)6-8-18(15)20/h5-8,10-11,20H,3-4,9,12H2,1-2H3. The molecule has 0 fully saturated rings. The molecular weight excluding hydrogens is 262 g/mol. The highest BCUT2D eigenvalue weighted by molar-refractivity contribution is 5.57. The molecule has 0 aliphatic carbocycles. The topological polar surface area (TPSA) is 32.7 Å². The van der Waals surface area contributed by atoms with E-state index in [4.69, 9.17) is 4.74 Å². The Hall–Kier alpha value is -2.16. The molecule has 3 nitrogen and oxygen atoms in total. The van der Waals surface area contributed by atoms with Crippen molar-refractivity contribution >= 4 is 5.69 Å². The van der Waals surface area contributed by atoms with E-state index in [2.05, 4.69) is 30.0 Å². The molecule has 1 heterocycles. The van der Waals surface area contributed by atoms with Gasteiger partial charge in [0.05, 0.1) is 7.11 Å². The highest BCUT2D eigenvalue weighted by Crippen LogP contribution is 2.31. The van der Waals surface area contributed by atoms with Crippen LogP contribution >= 0.6 is 0 Å². The average molecular weight is 283 g/mol. The molecule has 2 aromatic carbocycles. The zero-order valence-electron chi connectivity index (χ0n) is 12.6. The smallest absolute Gasteiger partial charge is 0.120 e. The van der Waals surface area contributed by atoms with Crippen molar-refractivity contribution in [1.82, 2.24) is 0 Å². The molecule has 0 amide bonds. The van der Waals surface area contributed by atoms with Crippen LogP contribution in [-0.2, 0) is 13.0 Å². The van der Waals surface area contributed by atoms with Crippen molar-refractivity contribution < 1.29 is 9.84 Å². The number of fused-ring (bicyclic) bond motifs is 1. The average Bonchev–Trinajstić information content (AvgIpc) is 2.49. The summed E-state index contributed by atoms with van der Waals surface area (Å²) in [5.41, 5.74) is 4.90. The number of ether oxygens (including phenoxy) is 1. The minimum absolute atomic E-state index is 0.329. The number of phenols is 1. The largest absolute Gasteiger partial charge is 0.508 e. The number of hydrogen-bond acceptors (Lipinski definition) is 3. The van der Waals surface area contributed by atoms with Crippen LogP contribution in [0.5, 0.6) is 11.5 Å². The maximum Gasteiger partial charge on any atom is 0.120 e. The first-order chi connectivity index (χ1) is 10.2. The summed E-state index contributed by atoms with van der Waals surface area (Å²) in [6.07, 6.45) is 2.29. The van der Waals surface area contributed by atoms with Crippen LogP contribution in [0.3, 0.4) is 0 Å². The summed E-state index contributed by atoms with van der Waals surface area (Å²) >= 11 is 0. The van der Waals surface area contributed by atoms with Gasteiger partial charge < -0.3 is 14.7 Å². The lowest BCUT2D eigenvalue weighted by Gasteiger charge is -2.32. The Morgan fingerprint density at radius 2 is 2.05 bits per heavy atom. The van der Waals surface area contributed by atoms with Gasteiger partial charge in [-0.15, -0.1) is 0 Å². The fraction of sp³-hybridized carbons (Fsp3) is 0.333. The first-order valence-corrected chi connectivity index (χ1v) is 7.38. The van der Waals surface area contributed by atoms with Crippen molar-refractivity contribution in [2.75, 3.05) is 18.6 Å². The predicted octanol–water partition coefficient (Wildman–Crippen LogP) is 3.66. The molecule has 3 rings (SSSR count). The second-order valence-corrected chi connectivity index (χ2v) is 5.65. The number of hydrogen-bond donors (Lipinski definition) is 1. The van der Waals surface area contributed by atoms with Crippen molar-refractivity contribution in [3.63, 3.8) is 0 Å². The van der Waals surface area contributed by atoms with Gasteiger partial charge in [0.25, 0.3) is 0 Å². The van der Waals surface area contributed by atoms with E-state index in [1.54, 1.807) is 19.2 Å². The molecule has 21 heavy (non-hydrogen) atoms. The van der Waals surface area contributed by atoms with E-state index in [0.717, 1.165) is 30.7 Å². The van der Waals surface area contributed by atoms with Crippen LogP contribution in [0.4, 0.5) is 5.69 Å². The van der Waals surface area contributed by atoms with Gasteiger partial charge in [0.2, 0.25) is 0 Å². The third kappa shape index (κ3) is 2.82. The van der Waals surface area contributed by atoms with E-state index in [1.165, 1.54) is 16.8 Å². The molecule has 1 aliphatic rings. The molecular formula is C18H21NO2. The molecule has 0 spiro atoms. The lowest BCUT2D eigenvalue weighted by Crippen LogP contribution is -2.28. The molecule has 1 aliphatic heterocycles. The molecule has 2 aromatic rings. The van der Waals surface area contributed by atoms with Crippen LogP contribution in [0, 0.1) is 6.92 Å². The van der Waals surface area contributed by atoms with E-state index in [-0.39, 0.29) is 0 Å². The summed E-state index contributed by atoms with van der Waals surface area (Å²) in [5, 5.41) is 10.1. The Bertz CT molecular complexity index is 652. The maximum atomic E-state index is 10.1. The van der Waals surface area contributed by atoms with Crippen molar-refractivity contribution in [1.29, 1.82) is 0 Å². The van der Waals surface area contributed by atoms with Gasteiger partial charge in [-0.3, -0.25) is 0 Å². The number of anilines is 1. The van der Waals surface area contributed by atoms with Gasteiger partial charge in [-0.2, -0.15) is 0 Å². The number of methoxy groups -OCH3 is 1. The van der Waals surface area contributed by atoms with Gasteiger partial charge in [0.1, 0.15) is 11.5 Å². The highest BCUT2D eigenvalue weighted by Gasteiger charge is 2.18. The number of rotatable bonds is 3. The fourth-order valence-electron chi connectivity index (χ4n) is 2.99. The molecule has 1 N–H and O–H groups in total. The molecule has 0 saturated carbocycles. The van der Waals surface area contributed by atoms with Crippen molar-refractivity contribution in [2.45, 2.75) is 26.3 Å². The van der Waals surface area contributed by atoms with Gasteiger partial charge in [-0.1, -0.05) is 17.7 Å². The minimum atomic E-state index is 0.329. The molecule has 0 aromatic heterocycles. The van der Waals surface area contributed by atoms with E-state index in [0.29, 0.717) is 12.3 Å². The first-order valence-electron chi connectivity index (χ1n) is 7.38. The summed E-state index contributed by atoms with van der Waals surface area (Å²) in [6, 6.07) is 12.0. The number of phenolic OH excluding ortho intramolecular Hbond substituents is 1. The third-order valence-electron chi connectivity index (χ3n) is 4.10. The third-order valence-corrected chi connectivity index (χ3v) is 4.10. The Morgan fingerprint density at radius 1 is 1.19 bits per heavy atom. The van der Waals surface area contributed by atoms with E-state index in [9.17, 15) is 5.11 Å². The first kappa shape index (κ1) is 13.8. The summed E-state index contributed by atoms with van der Waals surface area (Å²) in [7, 11) is 1.65. The molecule has 3 heteroatoms. The zero-order valence-corrected chi connectivity index (χ0v) is 12.6. The van der Waals surface area contributed by atoms with Crippen molar-refractivity contribution in [3.8, 4) is 11.5 Å². The molecule has 0 saturated heterocycles. The number of nitrogens with zero attached hydrogens (tertiary/aromatic N) is 1. The predicted molar refractivity (Wildman–Crippen MR) is 85.2 cm³/mol. The lowest BCUT2D eigenvalue weighted by molar-refractivity contribution is 0.410. The second-order valence-electron chi connectivity index (χ2n) is 5.65. The minimum Gasteiger partial charge on any atom is -0.508 e. The van der Waals surface area contributed by atoms with Crippen LogP contribution in [-0.4, -0.2) is 18.8 Å². The van der Waals surface area contributed by atoms with Crippen LogP contribution in [0.1, 0.15) is 23.1 Å². The fourth-order valence-corrected chi connectivity index (χ4v) is 2.99. The zero-order chi connectivity index (χ0) is 14.8. The molecule has 0 unspecified atom stereocenters. The normalized spacial score (nSPS) is 13.9. The van der Waals surface area contributed by atoms with Gasteiger partial charge in [-0.05, 0) is 49.6 Å².